The van der Waals surface area contributed by atoms with E-state index in [4.69, 9.17) is 28.3 Å². The van der Waals surface area contributed by atoms with Gasteiger partial charge in [0.15, 0.2) is 0 Å². The highest BCUT2D eigenvalue weighted by Gasteiger charge is 2.23. The Labute approximate surface area is 182 Å². The van der Waals surface area contributed by atoms with Crippen LogP contribution in [0.15, 0.2) is 54.6 Å². The van der Waals surface area contributed by atoms with Gasteiger partial charge in [-0.1, -0.05) is 53.5 Å². The number of halogens is 3. The van der Waals surface area contributed by atoms with Crippen LogP contribution in [0.4, 0.5) is 0 Å². The third-order valence-corrected chi connectivity index (χ3v) is 5.44. The molecule has 1 aliphatic heterocycles. The van der Waals surface area contributed by atoms with Crippen LogP contribution in [0.3, 0.4) is 0 Å². The van der Waals surface area contributed by atoms with Crippen molar-refractivity contribution < 1.29 is 9.90 Å². The van der Waals surface area contributed by atoms with Gasteiger partial charge in [-0.2, -0.15) is 0 Å². The summed E-state index contributed by atoms with van der Waals surface area (Å²) in [6.07, 6.45) is 4.39. The van der Waals surface area contributed by atoms with Gasteiger partial charge in [0, 0.05) is 29.6 Å². The molecule has 3 nitrogen and oxygen atoms in total. The SMILES string of the molecule is Cl.O=C(O)CC1CCN(CCC=C(c2ccc(Cl)cc2)c2ccc(Cl)cc2)C1. The second-order valence-corrected chi connectivity index (χ2v) is 7.85. The van der Waals surface area contributed by atoms with Crippen LogP contribution in [-0.2, 0) is 4.79 Å². The average molecular weight is 441 g/mol. The van der Waals surface area contributed by atoms with Crippen molar-refractivity contribution in [1.29, 1.82) is 0 Å². The summed E-state index contributed by atoms with van der Waals surface area (Å²) < 4.78 is 0. The van der Waals surface area contributed by atoms with Crippen molar-refractivity contribution in [2.24, 2.45) is 5.92 Å². The molecule has 2 aromatic carbocycles. The Balaban J connectivity index is 0.00000280. The van der Waals surface area contributed by atoms with Crippen LogP contribution in [0.1, 0.15) is 30.4 Å². The molecule has 1 fully saturated rings. The second-order valence-electron chi connectivity index (χ2n) is 6.97. The average Bonchev–Trinajstić information content (AvgIpc) is 3.07. The van der Waals surface area contributed by atoms with E-state index in [9.17, 15) is 4.79 Å². The Hall–Kier alpha value is -1.52. The van der Waals surface area contributed by atoms with Crippen molar-refractivity contribution in [3.63, 3.8) is 0 Å². The van der Waals surface area contributed by atoms with E-state index < -0.39 is 5.97 Å². The molecule has 3 rings (SSSR count). The first kappa shape index (κ1) is 22.8. The van der Waals surface area contributed by atoms with E-state index in [1.165, 1.54) is 0 Å². The van der Waals surface area contributed by atoms with Gasteiger partial charge >= 0.3 is 5.97 Å². The lowest BCUT2D eigenvalue weighted by atomic mass is 9.97. The van der Waals surface area contributed by atoms with Gasteiger partial charge < -0.3 is 10.0 Å². The maximum Gasteiger partial charge on any atom is 0.303 e. The number of carboxylic acids is 1. The molecule has 1 unspecified atom stereocenters. The van der Waals surface area contributed by atoms with Crippen molar-refractivity contribution in [3.8, 4) is 0 Å². The zero-order chi connectivity index (χ0) is 19.2. The molecule has 6 heteroatoms. The molecule has 1 N–H and O–H groups in total. The number of likely N-dealkylation sites (tertiary alicyclic amines) is 1. The molecule has 0 spiro atoms. The molecular weight excluding hydrogens is 417 g/mol. The number of nitrogens with zero attached hydrogens (tertiary/aromatic N) is 1. The van der Waals surface area contributed by atoms with Crippen LogP contribution in [0.2, 0.25) is 10.0 Å². The van der Waals surface area contributed by atoms with E-state index in [0.717, 1.165) is 59.2 Å². The van der Waals surface area contributed by atoms with Crippen molar-refractivity contribution >= 4 is 47.2 Å². The highest BCUT2D eigenvalue weighted by atomic mass is 35.5. The summed E-state index contributed by atoms with van der Waals surface area (Å²) in [7, 11) is 0. The molecule has 0 saturated carbocycles. The molecule has 0 amide bonds. The van der Waals surface area contributed by atoms with Crippen LogP contribution in [0, 0.1) is 5.92 Å². The third-order valence-electron chi connectivity index (χ3n) is 4.94. The van der Waals surface area contributed by atoms with Gasteiger partial charge in [0.1, 0.15) is 0 Å². The van der Waals surface area contributed by atoms with Crippen LogP contribution >= 0.6 is 35.6 Å². The van der Waals surface area contributed by atoms with Gasteiger partial charge in [0.25, 0.3) is 0 Å². The Bertz CT molecular complexity index is 756. The summed E-state index contributed by atoms with van der Waals surface area (Å²) >= 11 is 12.1. The van der Waals surface area contributed by atoms with Gasteiger partial charge in [0.05, 0.1) is 0 Å². The smallest absolute Gasteiger partial charge is 0.303 e. The monoisotopic (exact) mass is 439 g/mol. The largest absolute Gasteiger partial charge is 0.481 e. The van der Waals surface area contributed by atoms with Crippen LogP contribution < -0.4 is 0 Å². The van der Waals surface area contributed by atoms with Crippen molar-refractivity contribution in [1.82, 2.24) is 4.90 Å². The number of hydrogen-bond donors (Lipinski definition) is 1. The lowest BCUT2D eigenvalue weighted by Gasteiger charge is -2.15. The summed E-state index contributed by atoms with van der Waals surface area (Å²) in [5.74, 6) is -0.423. The first-order chi connectivity index (χ1) is 13.0. The van der Waals surface area contributed by atoms with Gasteiger partial charge in [-0.15, -0.1) is 12.4 Å². The van der Waals surface area contributed by atoms with E-state index in [0.29, 0.717) is 0 Å². The first-order valence-corrected chi connectivity index (χ1v) is 9.93. The molecule has 1 aliphatic rings. The molecule has 150 valence electrons. The first-order valence-electron chi connectivity index (χ1n) is 9.17. The van der Waals surface area contributed by atoms with Crippen molar-refractivity contribution in [2.75, 3.05) is 19.6 Å². The van der Waals surface area contributed by atoms with E-state index >= 15 is 0 Å². The molecular formula is C22H24Cl3NO2. The molecule has 0 radical (unpaired) electrons. The van der Waals surface area contributed by atoms with Crippen molar-refractivity contribution in [3.05, 3.63) is 75.8 Å². The predicted molar refractivity (Wildman–Crippen MR) is 119 cm³/mol. The number of carbonyl (C=O) groups is 1. The third kappa shape index (κ3) is 6.52. The Kier molecular flexibility index (Phi) is 8.84. The number of hydrogen-bond acceptors (Lipinski definition) is 2. The van der Waals surface area contributed by atoms with Gasteiger partial charge in [-0.3, -0.25) is 4.79 Å². The topological polar surface area (TPSA) is 40.5 Å². The maximum atomic E-state index is 10.9. The zero-order valence-corrected chi connectivity index (χ0v) is 17.8. The number of carboxylic acid groups (broad SMARTS) is 1. The zero-order valence-electron chi connectivity index (χ0n) is 15.5. The van der Waals surface area contributed by atoms with E-state index in [1.807, 2.05) is 48.5 Å². The highest BCUT2D eigenvalue weighted by Crippen LogP contribution is 2.27. The van der Waals surface area contributed by atoms with Crippen LogP contribution in [-0.4, -0.2) is 35.6 Å². The quantitative estimate of drug-likeness (QED) is 0.571. The van der Waals surface area contributed by atoms with E-state index in [2.05, 4.69) is 11.0 Å². The maximum absolute atomic E-state index is 10.9. The number of benzene rings is 2. The Morgan fingerprint density at radius 2 is 1.57 bits per heavy atom. The normalized spacial score (nSPS) is 16.4. The molecule has 1 atom stereocenters. The fourth-order valence-electron chi connectivity index (χ4n) is 3.58. The van der Waals surface area contributed by atoms with E-state index in [1.54, 1.807) is 0 Å². The van der Waals surface area contributed by atoms with Crippen molar-refractivity contribution in [2.45, 2.75) is 19.3 Å². The van der Waals surface area contributed by atoms with Gasteiger partial charge in [-0.25, -0.2) is 0 Å². The predicted octanol–water partition coefficient (Wildman–Crippen LogP) is 6.03. The fraction of sp³-hybridized carbons (Fsp3) is 0.318. The molecule has 0 bridgehead atoms. The van der Waals surface area contributed by atoms with Crippen LogP contribution in [0.5, 0.6) is 0 Å². The van der Waals surface area contributed by atoms with Gasteiger partial charge in [-0.05, 0) is 66.3 Å². The minimum Gasteiger partial charge on any atom is -0.481 e. The molecule has 1 saturated heterocycles. The molecule has 2 aromatic rings. The Morgan fingerprint density at radius 1 is 1.04 bits per heavy atom. The standard InChI is InChI=1S/C22H23Cl2NO2.ClH/c23-19-7-3-17(4-8-19)21(18-5-9-20(24)10-6-18)2-1-12-25-13-11-16(15-25)14-22(26)27;/h2-10,16H,1,11-15H2,(H,26,27);1H. The summed E-state index contributed by atoms with van der Waals surface area (Å²) in [4.78, 5) is 13.2. The summed E-state index contributed by atoms with van der Waals surface area (Å²) in [6, 6.07) is 15.7. The molecule has 1 heterocycles. The van der Waals surface area contributed by atoms with Gasteiger partial charge in [0.2, 0.25) is 0 Å². The summed E-state index contributed by atoms with van der Waals surface area (Å²) in [5.41, 5.74) is 3.39. The minimum absolute atomic E-state index is 0. The number of aliphatic carboxylic acids is 1. The molecule has 28 heavy (non-hydrogen) atoms. The summed E-state index contributed by atoms with van der Waals surface area (Å²) in [5, 5.41) is 10.4. The molecule has 0 aromatic heterocycles. The lowest BCUT2D eigenvalue weighted by Crippen LogP contribution is -2.22. The highest BCUT2D eigenvalue weighted by molar-refractivity contribution is 6.31. The molecule has 0 aliphatic carbocycles. The Morgan fingerprint density at radius 3 is 2.07 bits per heavy atom. The lowest BCUT2D eigenvalue weighted by molar-refractivity contribution is -0.138. The minimum atomic E-state index is -0.700. The fourth-order valence-corrected chi connectivity index (χ4v) is 3.83. The summed E-state index contributed by atoms with van der Waals surface area (Å²) in [6.45, 7) is 2.78. The van der Waals surface area contributed by atoms with E-state index in [-0.39, 0.29) is 24.7 Å². The number of rotatable bonds is 7. The second kappa shape index (κ2) is 10.9. The van der Waals surface area contributed by atoms with Crippen LogP contribution in [0.25, 0.3) is 5.57 Å².